The molecule has 0 amide bonds. The minimum absolute atomic E-state index is 0.176. The van der Waals surface area contributed by atoms with Gasteiger partial charge in [-0.15, -0.1) is 0 Å². The fraction of sp³-hybridized carbons (Fsp3) is 0.533. The van der Waals surface area contributed by atoms with Crippen molar-refractivity contribution in [1.82, 2.24) is 4.72 Å². The van der Waals surface area contributed by atoms with Gasteiger partial charge in [0.1, 0.15) is 10.6 Å². The van der Waals surface area contributed by atoms with Gasteiger partial charge in [0.2, 0.25) is 0 Å². The van der Waals surface area contributed by atoms with Crippen LogP contribution in [0.25, 0.3) is 0 Å². The van der Waals surface area contributed by atoms with Gasteiger partial charge < -0.3 is 14.4 Å². The van der Waals surface area contributed by atoms with Crippen LogP contribution >= 0.6 is 0 Å². The number of hydrogen-bond acceptors (Lipinski definition) is 6. The number of halogens is 6. The Hall–Kier alpha value is -2.56. The van der Waals surface area contributed by atoms with E-state index >= 15 is 0 Å². The second kappa shape index (κ2) is 8.44. The molecule has 2 rings (SSSR count). The van der Waals surface area contributed by atoms with Gasteiger partial charge in [0.05, 0.1) is 5.69 Å². The van der Waals surface area contributed by atoms with Crippen LogP contribution in [0, 0.1) is 11.5 Å². The number of alkyl halides is 6. The summed E-state index contributed by atoms with van der Waals surface area (Å²) in [6.07, 6.45) is -7.16. The third-order valence-electron chi connectivity index (χ3n) is 3.71. The topological polar surface area (TPSA) is 91.7 Å². The van der Waals surface area contributed by atoms with E-state index in [1.165, 1.54) is 9.62 Å². The van der Waals surface area contributed by atoms with Crippen LogP contribution in [0.2, 0.25) is 0 Å². The van der Waals surface area contributed by atoms with Gasteiger partial charge in [0, 0.05) is 25.2 Å². The number of sulfonamides is 1. The van der Waals surface area contributed by atoms with E-state index < -0.39 is 52.0 Å². The first-order chi connectivity index (χ1) is 13.3. The SMILES string of the molecule is N#CNS(=O)(=O)c1cc(OCC(F)(F)F)cc(N2CCCC2)c1OCC(F)(F)F. The fourth-order valence-electron chi connectivity index (χ4n) is 2.62. The molecule has 1 aromatic rings. The van der Waals surface area contributed by atoms with Gasteiger partial charge in [-0.05, 0) is 12.8 Å². The number of benzene rings is 1. The minimum Gasteiger partial charge on any atom is -0.484 e. The second-order valence-corrected chi connectivity index (χ2v) is 7.64. The summed E-state index contributed by atoms with van der Waals surface area (Å²) in [6, 6.07) is 1.56. The third-order valence-corrected chi connectivity index (χ3v) is 4.95. The van der Waals surface area contributed by atoms with E-state index in [2.05, 4.69) is 4.74 Å². The maximum atomic E-state index is 12.7. The third kappa shape index (κ3) is 6.48. The van der Waals surface area contributed by atoms with Crippen LogP contribution < -0.4 is 19.1 Å². The van der Waals surface area contributed by atoms with Gasteiger partial charge in [0.15, 0.2) is 25.2 Å². The summed E-state index contributed by atoms with van der Waals surface area (Å²) in [5.41, 5.74) is -0.176. The molecule has 29 heavy (non-hydrogen) atoms. The normalized spacial score (nSPS) is 15.1. The van der Waals surface area contributed by atoms with Crippen LogP contribution in [0.5, 0.6) is 11.5 Å². The lowest BCUT2D eigenvalue weighted by Crippen LogP contribution is -2.26. The molecule has 1 aromatic carbocycles. The largest absolute Gasteiger partial charge is 0.484 e. The minimum atomic E-state index is -4.81. The van der Waals surface area contributed by atoms with E-state index in [1.807, 2.05) is 0 Å². The Morgan fingerprint density at radius 2 is 1.59 bits per heavy atom. The number of nitrogens with one attached hydrogen (secondary N) is 1. The monoisotopic (exact) mass is 447 g/mol. The molecule has 0 atom stereocenters. The van der Waals surface area contributed by atoms with E-state index in [1.54, 1.807) is 0 Å². The smallest absolute Gasteiger partial charge is 0.422 e. The van der Waals surface area contributed by atoms with Crippen molar-refractivity contribution in [3.63, 3.8) is 0 Å². The summed E-state index contributed by atoms with van der Waals surface area (Å²) in [5, 5.41) is 8.62. The van der Waals surface area contributed by atoms with E-state index in [-0.39, 0.29) is 5.69 Å². The first-order valence-corrected chi connectivity index (χ1v) is 9.54. The molecule has 1 aliphatic rings. The maximum absolute atomic E-state index is 12.7. The summed E-state index contributed by atoms with van der Waals surface area (Å²) >= 11 is 0. The van der Waals surface area contributed by atoms with E-state index in [0.29, 0.717) is 32.0 Å². The van der Waals surface area contributed by atoms with E-state index in [0.717, 1.165) is 12.3 Å². The van der Waals surface area contributed by atoms with Crippen molar-refractivity contribution in [2.24, 2.45) is 0 Å². The summed E-state index contributed by atoms with van der Waals surface area (Å²) in [6.45, 7) is -2.96. The molecule has 1 N–H and O–H groups in total. The zero-order chi connectivity index (χ0) is 21.9. The van der Waals surface area contributed by atoms with Crippen molar-refractivity contribution in [2.45, 2.75) is 30.1 Å². The van der Waals surface area contributed by atoms with Crippen molar-refractivity contribution in [3.8, 4) is 17.7 Å². The molecule has 1 fully saturated rings. The average molecular weight is 447 g/mol. The van der Waals surface area contributed by atoms with Crippen LogP contribution in [0.1, 0.15) is 12.8 Å². The van der Waals surface area contributed by atoms with Crippen LogP contribution in [0.15, 0.2) is 17.0 Å². The molecule has 0 aliphatic carbocycles. The molecule has 0 bridgehead atoms. The molecule has 0 aromatic heterocycles. The quantitative estimate of drug-likeness (QED) is 0.393. The van der Waals surface area contributed by atoms with Gasteiger partial charge in [-0.25, -0.2) is 13.1 Å². The van der Waals surface area contributed by atoms with Gasteiger partial charge >= 0.3 is 12.4 Å². The number of anilines is 1. The molecule has 1 saturated heterocycles. The molecule has 0 unspecified atom stereocenters. The molecule has 14 heteroatoms. The fourth-order valence-corrected chi connectivity index (χ4v) is 3.53. The van der Waals surface area contributed by atoms with E-state index in [9.17, 15) is 34.8 Å². The highest BCUT2D eigenvalue weighted by Gasteiger charge is 2.34. The Balaban J connectivity index is 2.60. The highest BCUT2D eigenvalue weighted by Crippen LogP contribution is 2.41. The Labute approximate surface area is 161 Å². The standard InChI is InChI=1S/C15H15F6N3O4S/c16-14(17,18)7-27-10-5-11(24-3-1-2-4-24)13(28-8-15(19,20)21)12(6-10)29(25,26)23-9-22/h5-6,23H,1-4,7-8H2. The highest BCUT2D eigenvalue weighted by molar-refractivity contribution is 7.89. The van der Waals surface area contributed by atoms with Crippen molar-refractivity contribution in [1.29, 1.82) is 5.26 Å². The molecular formula is C15H15F6N3O4S. The average Bonchev–Trinajstić information content (AvgIpc) is 3.10. The predicted octanol–water partition coefficient (Wildman–Crippen LogP) is 2.93. The number of ether oxygens (including phenoxy) is 2. The zero-order valence-electron chi connectivity index (χ0n) is 14.6. The molecule has 162 valence electrons. The Morgan fingerprint density at radius 3 is 2.10 bits per heavy atom. The summed E-state index contributed by atoms with van der Waals surface area (Å²) < 4.78 is 111. The van der Waals surface area contributed by atoms with Crippen LogP contribution in [-0.2, 0) is 10.0 Å². The summed E-state index contributed by atoms with van der Waals surface area (Å²) in [4.78, 5) is 0.530. The number of nitrogens with zero attached hydrogens (tertiary/aromatic N) is 2. The summed E-state index contributed by atoms with van der Waals surface area (Å²) in [7, 11) is -4.73. The lowest BCUT2D eigenvalue weighted by molar-refractivity contribution is -0.154. The lowest BCUT2D eigenvalue weighted by atomic mass is 10.2. The Morgan fingerprint density at radius 1 is 1.03 bits per heavy atom. The van der Waals surface area contributed by atoms with Gasteiger partial charge in [-0.3, -0.25) is 0 Å². The molecular weight excluding hydrogens is 432 g/mol. The van der Waals surface area contributed by atoms with E-state index in [4.69, 9.17) is 10.00 Å². The number of hydrogen-bond donors (Lipinski definition) is 1. The second-order valence-electron chi connectivity index (χ2n) is 5.99. The van der Waals surface area contributed by atoms with Crippen molar-refractivity contribution >= 4 is 15.7 Å². The maximum Gasteiger partial charge on any atom is 0.422 e. The van der Waals surface area contributed by atoms with Crippen molar-refractivity contribution in [2.75, 3.05) is 31.2 Å². The predicted molar refractivity (Wildman–Crippen MR) is 86.9 cm³/mol. The van der Waals surface area contributed by atoms with Gasteiger partial charge in [-0.1, -0.05) is 0 Å². The molecule has 0 radical (unpaired) electrons. The lowest BCUT2D eigenvalue weighted by Gasteiger charge is -2.25. The summed E-state index contributed by atoms with van der Waals surface area (Å²) in [5.74, 6) is -1.28. The van der Waals surface area contributed by atoms with Crippen molar-refractivity contribution < 1.29 is 44.2 Å². The van der Waals surface area contributed by atoms with Gasteiger partial charge in [0.25, 0.3) is 10.0 Å². The van der Waals surface area contributed by atoms with Crippen LogP contribution in [-0.4, -0.2) is 47.1 Å². The van der Waals surface area contributed by atoms with Crippen LogP contribution in [0.3, 0.4) is 0 Å². The van der Waals surface area contributed by atoms with Crippen molar-refractivity contribution in [3.05, 3.63) is 12.1 Å². The molecule has 1 heterocycles. The first-order valence-electron chi connectivity index (χ1n) is 8.05. The number of nitriles is 1. The highest BCUT2D eigenvalue weighted by atomic mass is 32.2. The van der Waals surface area contributed by atoms with Crippen LogP contribution in [0.4, 0.5) is 32.0 Å². The Bertz CT molecular complexity index is 874. The Kier molecular flexibility index (Phi) is 6.61. The zero-order valence-corrected chi connectivity index (χ0v) is 15.4. The molecule has 1 aliphatic heterocycles. The number of rotatable bonds is 7. The molecule has 7 nitrogen and oxygen atoms in total. The molecule has 0 spiro atoms. The van der Waals surface area contributed by atoms with Gasteiger partial charge in [-0.2, -0.15) is 31.6 Å². The first kappa shape index (κ1) is 22.7. The molecule has 0 saturated carbocycles.